The summed E-state index contributed by atoms with van der Waals surface area (Å²) in [5, 5.41) is 3.17. The van der Waals surface area contributed by atoms with Gasteiger partial charge in [0, 0.05) is 38.6 Å². The molecule has 1 aliphatic rings. The average Bonchev–Trinajstić information content (AvgIpc) is 3.07. The number of nitrogens with two attached hydrogens (primary N) is 1. The van der Waals surface area contributed by atoms with E-state index in [1.165, 1.54) is 0 Å². The number of hydrogen-bond donors (Lipinski definition) is 2. The van der Waals surface area contributed by atoms with Crippen LogP contribution in [0.3, 0.4) is 0 Å². The number of carbonyl (C=O) groups excluding carboxylic acids is 2. The molecule has 1 aliphatic heterocycles. The third kappa shape index (κ3) is 8.00. The number of nitrogens with zero attached hydrogens (tertiary/aromatic N) is 3. The zero-order valence-corrected chi connectivity index (χ0v) is 25.1. The van der Waals surface area contributed by atoms with Gasteiger partial charge in [0.05, 0.1) is 43.7 Å². The van der Waals surface area contributed by atoms with Gasteiger partial charge >= 0.3 is 0 Å². The van der Waals surface area contributed by atoms with E-state index in [1.54, 1.807) is 31.6 Å². The van der Waals surface area contributed by atoms with E-state index in [2.05, 4.69) is 33.4 Å². The summed E-state index contributed by atoms with van der Waals surface area (Å²) in [6.45, 7) is 4.27. The summed E-state index contributed by atoms with van der Waals surface area (Å²) < 4.78 is 10.8. The van der Waals surface area contributed by atoms with Crippen LogP contribution in [0.1, 0.15) is 27.9 Å². The van der Waals surface area contributed by atoms with Gasteiger partial charge in [0.2, 0.25) is 5.91 Å². The molecule has 5 rings (SSSR count). The van der Waals surface area contributed by atoms with Gasteiger partial charge in [-0.1, -0.05) is 36.4 Å². The first-order valence-electron chi connectivity index (χ1n) is 14.9. The van der Waals surface area contributed by atoms with Crippen LogP contribution in [0.25, 0.3) is 11.1 Å². The standard InChI is InChI=1S/C35H39N5O4/c1-43-31-11-8-26(9-12-31)22-34(41)38-32-23-29(10-13-33(32)39-17-19-44-20-18-39)28-6-2-5-27(21-28)25-40(16-4-14-36)35(42)30-7-3-15-37-24-30/h2-3,5-13,15,21,23-24H,4,14,16-20,22,25,36H2,1H3,(H,38,41). The van der Waals surface area contributed by atoms with E-state index in [4.69, 9.17) is 15.2 Å². The van der Waals surface area contributed by atoms with Crippen LogP contribution in [0.4, 0.5) is 11.4 Å². The lowest BCUT2D eigenvalue weighted by molar-refractivity contribution is -0.115. The van der Waals surface area contributed by atoms with E-state index in [9.17, 15) is 9.59 Å². The van der Waals surface area contributed by atoms with Crippen molar-refractivity contribution in [3.63, 3.8) is 0 Å². The first kappa shape index (κ1) is 30.7. The van der Waals surface area contributed by atoms with Crippen LogP contribution >= 0.6 is 0 Å². The zero-order valence-electron chi connectivity index (χ0n) is 25.1. The van der Waals surface area contributed by atoms with E-state index < -0.39 is 0 Å². The molecule has 1 fully saturated rings. The number of benzene rings is 3. The molecule has 0 spiro atoms. The number of nitrogens with one attached hydrogen (secondary N) is 1. The molecule has 2 amide bonds. The van der Waals surface area contributed by atoms with E-state index in [1.807, 2.05) is 53.4 Å². The molecule has 3 aromatic carbocycles. The van der Waals surface area contributed by atoms with Crippen molar-refractivity contribution in [2.45, 2.75) is 19.4 Å². The Labute approximate surface area is 258 Å². The van der Waals surface area contributed by atoms with Crippen LogP contribution in [0.2, 0.25) is 0 Å². The molecule has 228 valence electrons. The van der Waals surface area contributed by atoms with Gasteiger partial charge < -0.3 is 30.3 Å². The fraction of sp³-hybridized carbons (Fsp3) is 0.286. The highest BCUT2D eigenvalue weighted by atomic mass is 16.5. The maximum Gasteiger partial charge on any atom is 0.255 e. The highest BCUT2D eigenvalue weighted by Gasteiger charge is 2.19. The van der Waals surface area contributed by atoms with Crippen molar-refractivity contribution >= 4 is 23.2 Å². The zero-order chi connectivity index (χ0) is 30.7. The first-order valence-corrected chi connectivity index (χ1v) is 14.9. The largest absolute Gasteiger partial charge is 0.497 e. The van der Waals surface area contributed by atoms with Gasteiger partial charge in [-0.2, -0.15) is 0 Å². The van der Waals surface area contributed by atoms with E-state index in [-0.39, 0.29) is 18.2 Å². The molecule has 9 heteroatoms. The molecule has 9 nitrogen and oxygen atoms in total. The minimum absolute atomic E-state index is 0.0753. The molecule has 4 aromatic rings. The Morgan fingerprint density at radius 3 is 2.50 bits per heavy atom. The van der Waals surface area contributed by atoms with Gasteiger partial charge in [-0.3, -0.25) is 14.6 Å². The minimum atomic E-state index is -0.0972. The summed E-state index contributed by atoms with van der Waals surface area (Å²) in [5.74, 6) is 0.580. The van der Waals surface area contributed by atoms with Gasteiger partial charge in [0.25, 0.3) is 5.91 Å². The highest BCUT2D eigenvalue weighted by Crippen LogP contribution is 2.33. The van der Waals surface area contributed by atoms with Crippen molar-refractivity contribution in [1.29, 1.82) is 0 Å². The molecule has 0 radical (unpaired) electrons. The second-order valence-electron chi connectivity index (χ2n) is 10.7. The Kier molecular flexibility index (Phi) is 10.6. The normalized spacial score (nSPS) is 12.9. The number of morpholine rings is 1. The fourth-order valence-electron chi connectivity index (χ4n) is 5.29. The lowest BCUT2D eigenvalue weighted by atomic mass is 10.0. The van der Waals surface area contributed by atoms with Gasteiger partial charge in [0.15, 0.2) is 0 Å². The van der Waals surface area contributed by atoms with Crippen molar-refractivity contribution in [1.82, 2.24) is 9.88 Å². The molecule has 3 N–H and O–H groups in total. The third-order valence-corrected chi connectivity index (χ3v) is 7.61. The Balaban J connectivity index is 1.39. The summed E-state index contributed by atoms with van der Waals surface area (Å²) in [7, 11) is 1.62. The molecule has 0 aliphatic carbocycles. The predicted octanol–water partition coefficient (Wildman–Crippen LogP) is 4.77. The van der Waals surface area contributed by atoms with Crippen molar-refractivity contribution in [3.05, 3.63) is 108 Å². The summed E-state index contributed by atoms with van der Waals surface area (Å²) in [5.41, 5.74) is 11.9. The lowest BCUT2D eigenvalue weighted by Gasteiger charge is -2.31. The van der Waals surface area contributed by atoms with Crippen LogP contribution in [0, 0.1) is 0 Å². The molecule has 2 heterocycles. The predicted molar refractivity (Wildman–Crippen MR) is 173 cm³/mol. The van der Waals surface area contributed by atoms with Crippen molar-refractivity contribution < 1.29 is 19.1 Å². The molecule has 1 aromatic heterocycles. The molecular formula is C35H39N5O4. The van der Waals surface area contributed by atoms with Crippen molar-refractivity contribution in [2.24, 2.45) is 5.73 Å². The Bertz CT molecular complexity index is 1540. The van der Waals surface area contributed by atoms with Gasteiger partial charge in [-0.15, -0.1) is 0 Å². The number of aromatic nitrogens is 1. The highest BCUT2D eigenvalue weighted by molar-refractivity contribution is 5.97. The second kappa shape index (κ2) is 15.1. The molecule has 0 saturated carbocycles. The van der Waals surface area contributed by atoms with Crippen molar-refractivity contribution in [3.8, 4) is 16.9 Å². The second-order valence-corrected chi connectivity index (χ2v) is 10.7. The number of amides is 2. The quantitative estimate of drug-likeness (QED) is 0.244. The van der Waals surface area contributed by atoms with E-state index in [0.29, 0.717) is 44.8 Å². The molecule has 0 atom stereocenters. The molecule has 0 bridgehead atoms. The van der Waals surface area contributed by atoms with Crippen LogP contribution in [-0.2, 0) is 22.5 Å². The molecule has 44 heavy (non-hydrogen) atoms. The monoisotopic (exact) mass is 593 g/mol. The first-order chi connectivity index (χ1) is 21.5. The van der Waals surface area contributed by atoms with Crippen LogP contribution in [0.5, 0.6) is 5.75 Å². The minimum Gasteiger partial charge on any atom is -0.497 e. The molecular weight excluding hydrogens is 554 g/mol. The lowest BCUT2D eigenvalue weighted by Crippen LogP contribution is -2.36. The maximum absolute atomic E-state index is 13.3. The Morgan fingerprint density at radius 2 is 1.77 bits per heavy atom. The Hall–Kier alpha value is -4.73. The summed E-state index contributed by atoms with van der Waals surface area (Å²) in [6.07, 6.45) is 4.20. The average molecular weight is 594 g/mol. The van der Waals surface area contributed by atoms with Crippen molar-refractivity contribution in [2.75, 3.05) is 56.7 Å². The maximum atomic E-state index is 13.3. The summed E-state index contributed by atoms with van der Waals surface area (Å²) in [6, 6.07) is 25.4. The Morgan fingerprint density at radius 1 is 0.977 bits per heavy atom. The number of anilines is 2. The number of pyridine rings is 1. The smallest absolute Gasteiger partial charge is 0.255 e. The van der Waals surface area contributed by atoms with Gasteiger partial charge in [-0.25, -0.2) is 0 Å². The summed E-state index contributed by atoms with van der Waals surface area (Å²) >= 11 is 0. The topological polar surface area (TPSA) is 110 Å². The van der Waals surface area contributed by atoms with Crippen LogP contribution in [0.15, 0.2) is 91.3 Å². The summed E-state index contributed by atoms with van der Waals surface area (Å²) in [4.78, 5) is 34.7. The van der Waals surface area contributed by atoms with E-state index in [0.717, 1.165) is 52.5 Å². The SMILES string of the molecule is COc1ccc(CC(=O)Nc2cc(-c3cccc(CN(CCCN)C(=O)c4cccnc4)c3)ccc2N2CCOCC2)cc1. The number of carbonyl (C=O) groups is 2. The van der Waals surface area contributed by atoms with Gasteiger partial charge in [-0.05, 0) is 77.7 Å². The molecule has 0 unspecified atom stereocenters. The van der Waals surface area contributed by atoms with Gasteiger partial charge in [0.1, 0.15) is 5.75 Å². The number of rotatable bonds is 12. The van der Waals surface area contributed by atoms with E-state index >= 15 is 0 Å². The third-order valence-electron chi connectivity index (χ3n) is 7.61. The number of methoxy groups -OCH3 is 1. The van der Waals surface area contributed by atoms with Crippen LogP contribution < -0.4 is 20.7 Å². The molecule has 1 saturated heterocycles. The fourth-order valence-corrected chi connectivity index (χ4v) is 5.29. The van der Waals surface area contributed by atoms with Crippen LogP contribution in [-0.4, -0.2) is 68.2 Å². The number of ether oxygens (including phenoxy) is 2. The number of hydrogen-bond acceptors (Lipinski definition) is 7.